The van der Waals surface area contributed by atoms with E-state index in [-0.39, 0.29) is 11.7 Å². The van der Waals surface area contributed by atoms with Crippen molar-refractivity contribution in [2.45, 2.75) is 6.54 Å². The summed E-state index contributed by atoms with van der Waals surface area (Å²) >= 11 is 0. The van der Waals surface area contributed by atoms with Crippen LogP contribution in [-0.2, 0) is 6.54 Å². The van der Waals surface area contributed by atoms with Crippen LogP contribution in [0.3, 0.4) is 0 Å². The number of amides is 1. The highest BCUT2D eigenvalue weighted by molar-refractivity contribution is 6.00. The Kier molecular flexibility index (Phi) is 5.71. The number of nitrogens with one attached hydrogen (secondary N) is 1. The quantitative estimate of drug-likeness (QED) is 0.680. The van der Waals surface area contributed by atoms with E-state index in [1.54, 1.807) is 37.3 Å². The van der Waals surface area contributed by atoms with Crippen LogP contribution in [0.1, 0.15) is 15.9 Å². The highest BCUT2D eigenvalue weighted by Crippen LogP contribution is 2.23. The van der Waals surface area contributed by atoms with Gasteiger partial charge in [0.15, 0.2) is 0 Å². The van der Waals surface area contributed by atoms with Crippen molar-refractivity contribution in [3.8, 4) is 5.75 Å². The Bertz CT molecular complexity index is 908. The Morgan fingerprint density at radius 1 is 1.00 bits per heavy atom. The first kappa shape index (κ1) is 18.5. The molecular formula is C22H21FN2O2. The van der Waals surface area contributed by atoms with Gasteiger partial charge in [0.05, 0.1) is 18.4 Å². The first-order chi connectivity index (χ1) is 13.1. The van der Waals surface area contributed by atoms with Crippen LogP contribution in [0.25, 0.3) is 0 Å². The van der Waals surface area contributed by atoms with Crippen molar-refractivity contribution in [2.24, 2.45) is 0 Å². The molecule has 1 N–H and O–H groups in total. The van der Waals surface area contributed by atoms with E-state index >= 15 is 0 Å². The van der Waals surface area contributed by atoms with Crippen LogP contribution in [-0.4, -0.2) is 25.0 Å². The predicted octanol–water partition coefficient (Wildman–Crippen LogP) is 4.85. The zero-order valence-corrected chi connectivity index (χ0v) is 15.3. The predicted molar refractivity (Wildman–Crippen MR) is 105 cm³/mol. The lowest BCUT2D eigenvalue weighted by molar-refractivity contribution is 0.0786. The van der Waals surface area contributed by atoms with Gasteiger partial charge in [-0.05, 0) is 54.1 Å². The topological polar surface area (TPSA) is 41.6 Å². The number of para-hydroxylation sites is 1. The zero-order valence-electron chi connectivity index (χ0n) is 15.3. The van der Waals surface area contributed by atoms with E-state index in [9.17, 15) is 9.18 Å². The molecule has 0 aliphatic heterocycles. The molecule has 0 unspecified atom stereocenters. The van der Waals surface area contributed by atoms with Crippen LogP contribution in [0.5, 0.6) is 5.75 Å². The van der Waals surface area contributed by atoms with Crippen LogP contribution in [0.2, 0.25) is 0 Å². The fourth-order valence-corrected chi connectivity index (χ4v) is 2.75. The van der Waals surface area contributed by atoms with E-state index in [4.69, 9.17) is 4.74 Å². The lowest BCUT2D eigenvalue weighted by atomic mass is 10.1. The van der Waals surface area contributed by atoms with E-state index in [1.165, 1.54) is 12.1 Å². The molecule has 3 rings (SSSR count). The summed E-state index contributed by atoms with van der Waals surface area (Å²) in [5, 5.41) is 3.18. The minimum atomic E-state index is -0.302. The number of carbonyl (C=O) groups excluding carboxylic acids is 1. The van der Waals surface area contributed by atoms with Gasteiger partial charge in [0.25, 0.3) is 5.91 Å². The molecule has 1 amide bonds. The Hall–Kier alpha value is -3.34. The number of hydrogen-bond donors (Lipinski definition) is 1. The first-order valence-electron chi connectivity index (χ1n) is 8.57. The maximum absolute atomic E-state index is 13.1. The Labute approximate surface area is 158 Å². The molecule has 27 heavy (non-hydrogen) atoms. The molecule has 0 bridgehead atoms. The molecule has 3 aromatic rings. The number of rotatable bonds is 6. The summed E-state index contributed by atoms with van der Waals surface area (Å²) < 4.78 is 18.3. The summed E-state index contributed by atoms with van der Waals surface area (Å²) in [7, 11) is 3.39. The van der Waals surface area contributed by atoms with Crippen LogP contribution < -0.4 is 10.1 Å². The monoisotopic (exact) mass is 364 g/mol. The average Bonchev–Trinajstić information content (AvgIpc) is 2.70. The summed E-state index contributed by atoms with van der Waals surface area (Å²) in [6.07, 6.45) is 0. The van der Waals surface area contributed by atoms with Crippen molar-refractivity contribution in [1.82, 2.24) is 4.90 Å². The van der Waals surface area contributed by atoms with Crippen LogP contribution in [0.15, 0.2) is 72.8 Å². The summed E-state index contributed by atoms with van der Waals surface area (Å²) in [6.45, 7) is 0.480. The largest absolute Gasteiger partial charge is 0.497 e. The SMILES string of the molecule is COc1ccc(CN(C)C(=O)c2ccccc2Nc2ccc(F)cc2)cc1. The van der Waals surface area contributed by atoms with Gasteiger partial charge in [-0.15, -0.1) is 0 Å². The van der Waals surface area contributed by atoms with Crippen molar-refractivity contribution in [2.75, 3.05) is 19.5 Å². The lowest BCUT2D eigenvalue weighted by Crippen LogP contribution is -2.26. The maximum Gasteiger partial charge on any atom is 0.256 e. The van der Waals surface area contributed by atoms with E-state index in [0.717, 1.165) is 17.0 Å². The van der Waals surface area contributed by atoms with Gasteiger partial charge in [-0.25, -0.2) is 4.39 Å². The third-order valence-corrected chi connectivity index (χ3v) is 4.21. The lowest BCUT2D eigenvalue weighted by Gasteiger charge is -2.20. The minimum absolute atomic E-state index is 0.101. The molecule has 3 aromatic carbocycles. The maximum atomic E-state index is 13.1. The van der Waals surface area contributed by atoms with Crippen molar-refractivity contribution < 1.29 is 13.9 Å². The number of hydrogen-bond acceptors (Lipinski definition) is 3. The van der Waals surface area contributed by atoms with Crippen molar-refractivity contribution in [1.29, 1.82) is 0 Å². The summed E-state index contributed by atoms with van der Waals surface area (Å²) in [5.41, 5.74) is 2.96. The number of benzene rings is 3. The Balaban J connectivity index is 1.76. The second kappa shape index (κ2) is 8.36. The molecule has 138 valence electrons. The molecule has 0 aliphatic carbocycles. The highest BCUT2D eigenvalue weighted by Gasteiger charge is 2.16. The average molecular weight is 364 g/mol. The number of nitrogens with zero attached hydrogens (tertiary/aromatic N) is 1. The molecule has 0 saturated carbocycles. The van der Waals surface area contributed by atoms with Gasteiger partial charge in [-0.2, -0.15) is 0 Å². The number of carbonyl (C=O) groups is 1. The minimum Gasteiger partial charge on any atom is -0.497 e. The van der Waals surface area contributed by atoms with E-state index in [2.05, 4.69) is 5.32 Å². The third-order valence-electron chi connectivity index (χ3n) is 4.21. The van der Waals surface area contributed by atoms with Gasteiger partial charge in [-0.3, -0.25) is 4.79 Å². The summed E-state index contributed by atoms with van der Waals surface area (Å²) in [4.78, 5) is 14.6. The standard InChI is InChI=1S/C22H21FN2O2/c1-25(15-16-7-13-19(27-2)14-8-16)22(26)20-5-3-4-6-21(20)24-18-11-9-17(23)10-12-18/h3-14,24H,15H2,1-2H3. The van der Waals surface area contributed by atoms with Gasteiger partial charge in [0.2, 0.25) is 0 Å². The third kappa shape index (κ3) is 4.64. The molecular weight excluding hydrogens is 343 g/mol. The molecule has 0 heterocycles. The number of halogens is 1. The molecule has 0 atom stereocenters. The second-order valence-electron chi connectivity index (χ2n) is 6.19. The Morgan fingerprint density at radius 2 is 1.67 bits per heavy atom. The van der Waals surface area contributed by atoms with E-state index in [1.807, 2.05) is 42.5 Å². The van der Waals surface area contributed by atoms with Gasteiger partial charge in [0.1, 0.15) is 11.6 Å². The molecule has 0 radical (unpaired) electrons. The smallest absolute Gasteiger partial charge is 0.256 e. The fourth-order valence-electron chi connectivity index (χ4n) is 2.75. The first-order valence-corrected chi connectivity index (χ1v) is 8.57. The molecule has 0 aromatic heterocycles. The van der Waals surface area contributed by atoms with Crippen LogP contribution in [0.4, 0.5) is 15.8 Å². The molecule has 0 saturated heterocycles. The van der Waals surface area contributed by atoms with Gasteiger partial charge >= 0.3 is 0 Å². The Morgan fingerprint density at radius 3 is 2.33 bits per heavy atom. The van der Waals surface area contributed by atoms with Gasteiger partial charge in [-0.1, -0.05) is 24.3 Å². The number of ether oxygens (including phenoxy) is 1. The van der Waals surface area contributed by atoms with Crippen LogP contribution in [0, 0.1) is 5.82 Å². The molecule has 5 heteroatoms. The second-order valence-corrected chi connectivity index (χ2v) is 6.19. The highest BCUT2D eigenvalue weighted by atomic mass is 19.1. The molecule has 4 nitrogen and oxygen atoms in total. The zero-order chi connectivity index (χ0) is 19.2. The number of methoxy groups -OCH3 is 1. The summed E-state index contributed by atoms with van der Waals surface area (Å²) in [5.74, 6) is 0.377. The molecule has 0 aliphatic rings. The van der Waals surface area contributed by atoms with Crippen LogP contribution >= 0.6 is 0 Å². The van der Waals surface area contributed by atoms with Crippen molar-refractivity contribution >= 4 is 17.3 Å². The van der Waals surface area contributed by atoms with E-state index in [0.29, 0.717) is 17.8 Å². The fraction of sp³-hybridized carbons (Fsp3) is 0.136. The van der Waals surface area contributed by atoms with Gasteiger partial charge in [0, 0.05) is 19.3 Å². The van der Waals surface area contributed by atoms with Crippen molar-refractivity contribution in [3.05, 3.63) is 89.7 Å². The molecule has 0 fully saturated rings. The normalized spacial score (nSPS) is 10.3. The van der Waals surface area contributed by atoms with E-state index < -0.39 is 0 Å². The van der Waals surface area contributed by atoms with Gasteiger partial charge < -0.3 is 15.0 Å². The number of anilines is 2. The van der Waals surface area contributed by atoms with Crippen molar-refractivity contribution in [3.63, 3.8) is 0 Å². The summed E-state index contributed by atoms with van der Waals surface area (Å²) in [6, 6.07) is 20.9. The molecule has 0 spiro atoms.